The second-order valence-electron chi connectivity index (χ2n) is 6.83. The number of aromatic nitrogens is 1. The molecule has 0 spiro atoms. The quantitative estimate of drug-likeness (QED) is 0.936. The molecule has 0 bridgehead atoms. The van der Waals surface area contributed by atoms with Gasteiger partial charge in [0, 0.05) is 43.5 Å². The van der Waals surface area contributed by atoms with Gasteiger partial charge < -0.3 is 15.1 Å². The maximum Gasteiger partial charge on any atom is 0.225 e. The number of nitrogens with one attached hydrogen (secondary N) is 1. The van der Waals surface area contributed by atoms with E-state index in [4.69, 9.17) is 4.98 Å². The number of hydrogen-bond donors (Lipinski definition) is 1. The van der Waals surface area contributed by atoms with Gasteiger partial charge in [-0.2, -0.15) is 0 Å². The third-order valence-electron chi connectivity index (χ3n) is 5.39. The van der Waals surface area contributed by atoms with Crippen LogP contribution in [0.15, 0.2) is 36.4 Å². The first-order chi connectivity index (χ1) is 11.7. The average molecular weight is 324 g/mol. The van der Waals surface area contributed by atoms with Crippen LogP contribution in [0.1, 0.15) is 12.8 Å². The Balaban J connectivity index is 1.37. The van der Waals surface area contributed by atoms with Crippen LogP contribution in [0.3, 0.4) is 0 Å². The summed E-state index contributed by atoms with van der Waals surface area (Å²) in [6.07, 6.45) is 1.98. The Morgan fingerprint density at radius 2 is 1.83 bits per heavy atom. The number of hydrogen-bond acceptors (Lipinski definition) is 4. The molecular weight excluding hydrogens is 300 g/mol. The number of pyridine rings is 1. The summed E-state index contributed by atoms with van der Waals surface area (Å²) in [5.41, 5.74) is 1.03. The van der Waals surface area contributed by atoms with Gasteiger partial charge in [-0.3, -0.25) is 4.79 Å². The number of amides is 1. The van der Waals surface area contributed by atoms with E-state index >= 15 is 0 Å². The van der Waals surface area contributed by atoms with Gasteiger partial charge in [0.1, 0.15) is 5.82 Å². The summed E-state index contributed by atoms with van der Waals surface area (Å²) in [7, 11) is 1.97. The molecule has 1 amide bonds. The van der Waals surface area contributed by atoms with Gasteiger partial charge in [-0.1, -0.05) is 18.2 Å². The number of para-hydroxylation sites is 1. The van der Waals surface area contributed by atoms with Gasteiger partial charge in [0.25, 0.3) is 0 Å². The van der Waals surface area contributed by atoms with E-state index in [0.29, 0.717) is 11.9 Å². The molecule has 1 saturated carbocycles. The highest BCUT2D eigenvalue weighted by Gasteiger charge is 2.36. The Hall–Kier alpha value is -2.14. The number of carbonyl (C=O) groups is 1. The van der Waals surface area contributed by atoms with Gasteiger partial charge in [0.2, 0.25) is 5.91 Å². The van der Waals surface area contributed by atoms with Gasteiger partial charge in [-0.15, -0.1) is 0 Å². The minimum absolute atomic E-state index is 0.229. The van der Waals surface area contributed by atoms with Gasteiger partial charge in [0.05, 0.1) is 5.52 Å². The van der Waals surface area contributed by atoms with Gasteiger partial charge in [-0.05, 0) is 38.1 Å². The van der Waals surface area contributed by atoms with Crippen LogP contribution in [0, 0.1) is 5.92 Å². The largest absolute Gasteiger partial charge is 0.353 e. The lowest BCUT2D eigenvalue weighted by atomic mass is 9.79. The summed E-state index contributed by atoms with van der Waals surface area (Å²) in [4.78, 5) is 21.6. The van der Waals surface area contributed by atoms with Crippen LogP contribution in [-0.4, -0.2) is 55.1 Å². The molecule has 0 atom stereocenters. The third-order valence-corrected chi connectivity index (χ3v) is 5.39. The molecule has 2 heterocycles. The maximum absolute atomic E-state index is 12.5. The monoisotopic (exact) mass is 324 g/mol. The molecule has 1 aliphatic carbocycles. The van der Waals surface area contributed by atoms with Crippen LogP contribution < -0.4 is 10.2 Å². The molecule has 2 aliphatic rings. The van der Waals surface area contributed by atoms with Crippen LogP contribution in [0.25, 0.3) is 10.9 Å². The molecule has 24 heavy (non-hydrogen) atoms. The number of fused-ring (bicyclic) bond motifs is 1. The highest BCUT2D eigenvalue weighted by atomic mass is 16.2. The number of rotatable bonds is 3. The average Bonchev–Trinajstić information content (AvgIpc) is 2.60. The van der Waals surface area contributed by atoms with E-state index < -0.39 is 0 Å². The number of anilines is 1. The molecule has 0 unspecified atom stereocenters. The predicted molar refractivity (Wildman–Crippen MR) is 96.1 cm³/mol. The summed E-state index contributed by atoms with van der Waals surface area (Å²) < 4.78 is 0. The van der Waals surface area contributed by atoms with E-state index in [9.17, 15) is 4.79 Å². The van der Waals surface area contributed by atoms with Crippen molar-refractivity contribution >= 4 is 22.6 Å². The molecule has 1 saturated heterocycles. The van der Waals surface area contributed by atoms with Crippen LogP contribution in [-0.2, 0) is 4.79 Å². The molecule has 5 nitrogen and oxygen atoms in total. The lowest BCUT2D eigenvalue weighted by Gasteiger charge is -2.41. The summed E-state index contributed by atoms with van der Waals surface area (Å²) in [5.74, 6) is 1.58. The predicted octanol–water partition coefficient (Wildman–Crippen LogP) is 1.88. The van der Waals surface area contributed by atoms with Crippen molar-refractivity contribution in [2.75, 3.05) is 38.1 Å². The lowest BCUT2D eigenvalue weighted by molar-refractivity contribution is -0.139. The normalized spacial score (nSPS) is 24.0. The second-order valence-corrected chi connectivity index (χ2v) is 6.83. The fourth-order valence-electron chi connectivity index (χ4n) is 3.70. The van der Waals surface area contributed by atoms with Crippen molar-refractivity contribution in [1.82, 2.24) is 15.2 Å². The summed E-state index contributed by atoms with van der Waals surface area (Å²) in [6, 6.07) is 12.9. The molecule has 1 aliphatic heterocycles. The smallest absolute Gasteiger partial charge is 0.225 e. The van der Waals surface area contributed by atoms with Crippen LogP contribution >= 0.6 is 0 Å². The minimum Gasteiger partial charge on any atom is -0.353 e. The van der Waals surface area contributed by atoms with E-state index in [2.05, 4.69) is 28.4 Å². The van der Waals surface area contributed by atoms with E-state index in [0.717, 1.165) is 50.4 Å². The molecule has 0 radical (unpaired) electrons. The standard InChI is InChI=1S/C19H24N4O/c1-20-16-12-15(13-16)19(24)23-10-8-22(9-11-23)18-7-6-14-4-2-3-5-17(14)21-18/h2-7,15-16,20H,8-13H2,1H3. The Morgan fingerprint density at radius 1 is 1.08 bits per heavy atom. The molecule has 5 heteroatoms. The number of piperazine rings is 1. The zero-order valence-corrected chi connectivity index (χ0v) is 14.1. The molecule has 126 valence electrons. The van der Waals surface area contributed by atoms with E-state index in [1.165, 1.54) is 5.39 Å². The fraction of sp³-hybridized carbons (Fsp3) is 0.474. The van der Waals surface area contributed by atoms with Gasteiger partial charge in [0.15, 0.2) is 0 Å². The molecule has 1 aromatic carbocycles. The number of carbonyl (C=O) groups excluding carboxylic acids is 1. The second kappa shape index (κ2) is 6.40. The van der Waals surface area contributed by atoms with E-state index in [1.54, 1.807) is 0 Å². The molecule has 2 aromatic rings. The van der Waals surface area contributed by atoms with Crippen molar-refractivity contribution in [3.63, 3.8) is 0 Å². The van der Waals surface area contributed by atoms with Crippen LogP contribution in [0.4, 0.5) is 5.82 Å². The highest BCUT2D eigenvalue weighted by Crippen LogP contribution is 2.29. The lowest BCUT2D eigenvalue weighted by Crippen LogP contribution is -2.54. The van der Waals surface area contributed by atoms with Crippen LogP contribution in [0.5, 0.6) is 0 Å². The third kappa shape index (κ3) is 2.84. The van der Waals surface area contributed by atoms with Crippen molar-refractivity contribution in [1.29, 1.82) is 0 Å². The van der Waals surface area contributed by atoms with Crippen molar-refractivity contribution in [3.8, 4) is 0 Å². The van der Waals surface area contributed by atoms with Gasteiger partial charge in [-0.25, -0.2) is 4.98 Å². The molecule has 4 rings (SSSR count). The van der Waals surface area contributed by atoms with Crippen molar-refractivity contribution in [2.24, 2.45) is 5.92 Å². The highest BCUT2D eigenvalue weighted by molar-refractivity contribution is 5.81. The SMILES string of the molecule is CNC1CC(C(=O)N2CCN(c3ccc4ccccc4n3)CC2)C1. The van der Waals surface area contributed by atoms with Gasteiger partial charge >= 0.3 is 0 Å². The molecule has 1 aromatic heterocycles. The summed E-state index contributed by atoms with van der Waals surface area (Å²) >= 11 is 0. The zero-order valence-electron chi connectivity index (χ0n) is 14.1. The van der Waals surface area contributed by atoms with E-state index in [1.807, 2.05) is 30.1 Å². The molecular formula is C19H24N4O. The Bertz CT molecular complexity index is 733. The summed E-state index contributed by atoms with van der Waals surface area (Å²) in [6.45, 7) is 3.32. The minimum atomic E-state index is 0.229. The topological polar surface area (TPSA) is 48.5 Å². The molecule has 1 N–H and O–H groups in total. The number of nitrogens with zero attached hydrogens (tertiary/aromatic N) is 3. The van der Waals surface area contributed by atoms with Crippen molar-refractivity contribution in [2.45, 2.75) is 18.9 Å². The zero-order chi connectivity index (χ0) is 16.5. The fourth-order valence-corrected chi connectivity index (χ4v) is 3.70. The van der Waals surface area contributed by atoms with Crippen LogP contribution in [0.2, 0.25) is 0 Å². The Labute approximate surface area is 142 Å². The summed E-state index contributed by atoms with van der Waals surface area (Å²) in [5, 5.41) is 4.41. The molecule has 2 fully saturated rings. The van der Waals surface area contributed by atoms with Crippen molar-refractivity contribution < 1.29 is 4.79 Å². The van der Waals surface area contributed by atoms with Crippen molar-refractivity contribution in [3.05, 3.63) is 36.4 Å². The first-order valence-electron chi connectivity index (χ1n) is 8.81. The first kappa shape index (κ1) is 15.4. The Morgan fingerprint density at radius 3 is 2.58 bits per heavy atom. The first-order valence-corrected chi connectivity index (χ1v) is 8.81. The maximum atomic E-state index is 12.5. The van der Waals surface area contributed by atoms with E-state index in [-0.39, 0.29) is 5.92 Å². The number of benzene rings is 1. The Kier molecular flexibility index (Phi) is 4.10.